The van der Waals surface area contributed by atoms with E-state index in [-0.39, 0.29) is 11.4 Å². The molecule has 1 aromatic carbocycles. The Labute approximate surface area is 105 Å². The number of esters is 1. The molecule has 0 aliphatic heterocycles. The molecule has 18 heavy (non-hydrogen) atoms. The zero-order chi connectivity index (χ0) is 13.1. The van der Waals surface area contributed by atoms with Crippen molar-refractivity contribution in [3.8, 4) is 11.5 Å². The normalized spacial score (nSPS) is 10.2. The van der Waals surface area contributed by atoms with Crippen LogP contribution in [-0.2, 0) is 0 Å². The second-order valence-electron chi connectivity index (χ2n) is 3.16. The van der Waals surface area contributed by atoms with Crippen LogP contribution in [0.2, 0.25) is 0 Å². The summed E-state index contributed by atoms with van der Waals surface area (Å²) < 4.78 is 36.4. The summed E-state index contributed by atoms with van der Waals surface area (Å²) in [5.41, 5.74) is 1.40. The summed E-state index contributed by atoms with van der Waals surface area (Å²) >= 11 is 1.17. The maximum Gasteiger partial charge on any atom is 0.363 e. The van der Waals surface area contributed by atoms with E-state index in [9.17, 15) is 13.6 Å². The molecule has 0 saturated carbocycles. The molecule has 2 aromatic rings. The molecule has 0 atom stereocenters. The van der Waals surface area contributed by atoms with E-state index in [4.69, 9.17) is 0 Å². The van der Waals surface area contributed by atoms with Crippen LogP contribution >= 0.6 is 11.3 Å². The molecule has 0 unspecified atom stereocenters. The van der Waals surface area contributed by atoms with E-state index >= 15 is 0 Å². The van der Waals surface area contributed by atoms with Crippen LogP contribution in [0.5, 0.6) is 11.5 Å². The molecule has 7 heteroatoms. The molecule has 1 aromatic heterocycles. The molecule has 0 bridgehead atoms. The number of nitrogens with zero attached hydrogens (tertiary/aromatic N) is 1. The summed E-state index contributed by atoms with van der Waals surface area (Å²) in [7, 11) is 1.22. The van der Waals surface area contributed by atoms with Crippen molar-refractivity contribution in [1.82, 2.24) is 4.98 Å². The Hall–Kier alpha value is -2.02. The monoisotopic (exact) mass is 271 g/mol. The number of carbonyl (C=O) groups is 1. The van der Waals surface area contributed by atoms with Crippen molar-refractivity contribution in [2.45, 2.75) is 0 Å². The van der Waals surface area contributed by atoms with Crippen molar-refractivity contribution in [2.24, 2.45) is 0 Å². The van der Waals surface area contributed by atoms with Crippen LogP contribution in [0.4, 0.5) is 8.78 Å². The summed E-state index contributed by atoms with van der Waals surface area (Å²) in [5.74, 6) is -4.00. The van der Waals surface area contributed by atoms with Gasteiger partial charge in [0.25, 0.3) is 0 Å². The van der Waals surface area contributed by atoms with E-state index in [1.807, 2.05) is 0 Å². The van der Waals surface area contributed by atoms with Crippen molar-refractivity contribution in [3.63, 3.8) is 0 Å². The summed E-state index contributed by atoms with van der Waals surface area (Å²) in [6.07, 6.45) is 0. The minimum absolute atomic E-state index is 0.0124. The third-order valence-corrected chi connectivity index (χ3v) is 2.66. The average Bonchev–Trinajstić information content (AvgIpc) is 2.88. The van der Waals surface area contributed by atoms with Gasteiger partial charge < -0.3 is 9.47 Å². The lowest BCUT2D eigenvalue weighted by atomic mass is 10.3. The number of hydrogen-bond donors (Lipinski definition) is 0. The first kappa shape index (κ1) is 12.4. The zero-order valence-electron chi connectivity index (χ0n) is 9.15. The number of benzene rings is 1. The second kappa shape index (κ2) is 5.09. The lowest BCUT2D eigenvalue weighted by Gasteiger charge is -2.08. The summed E-state index contributed by atoms with van der Waals surface area (Å²) in [5, 5.41) is 1.41. The number of thiazole rings is 1. The molecule has 0 amide bonds. The van der Waals surface area contributed by atoms with Gasteiger partial charge in [-0.05, 0) is 12.1 Å². The highest BCUT2D eigenvalue weighted by Gasteiger charge is 2.20. The van der Waals surface area contributed by atoms with E-state index < -0.39 is 23.4 Å². The molecule has 0 spiro atoms. The number of aromatic nitrogens is 1. The van der Waals surface area contributed by atoms with Gasteiger partial charge in [0.1, 0.15) is 0 Å². The number of rotatable bonds is 3. The maximum absolute atomic E-state index is 13.7. The summed E-state index contributed by atoms with van der Waals surface area (Å²) in [4.78, 5) is 15.2. The first-order chi connectivity index (χ1) is 8.63. The van der Waals surface area contributed by atoms with Crippen LogP contribution in [-0.4, -0.2) is 18.1 Å². The molecule has 0 aliphatic rings. The first-order valence-corrected chi connectivity index (χ1v) is 5.70. The smallest absolute Gasteiger partial charge is 0.363 e. The highest BCUT2D eigenvalue weighted by Crippen LogP contribution is 2.29. The largest absolute Gasteiger partial charge is 0.494 e. The Balaban J connectivity index is 2.31. The molecule has 4 nitrogen and oxygen atoms in total. The van der Waals surface area contributed by atoms with E-state index in [1.165, 1.54) is 29.3 Å². The van der Waals surface area contributed by atoms with Gasteiger partial charge in [0.2, 0.25) is 11.6 Å². The Morgan fingerprint density at radius 1 is 1.39 bits per heavy atom. The summed E-state index contributed by atoms with van der Waals surface area (Å²) in [6, 6.07) is 2.05. The standard InChI is InChI=1S/C11H7F2NO3S/c1-16-8-3-2-6(12)10(9(8)13)17-11(15)7-4-18-5-14-7/h2-5H,1H3. The van der Waals surface area contributed by atoms with E-state index in [1.54, 1.807) is 0 Å². The average molecular weight is 271 g/mol. The molecule has 0 aliphatic carbocycles. The second-order valence-corrected chi connectivity index (χ2v) is 3.87. The number of halogens is 2. The van der Waals surface area contributed by atoms with Gasteiger partial charge in [0.05, 0.1) is 12.6 Å². The topological polar surface area (TPSA) is 48.4 Å². The Morgan fingerprint density at radius 2 is 2.17 bits per heavy atom. The van der Waals surface area contributed by atoms with Crippen molar-refractivity contribution in [1.29, 1.82) is 0 Å². The molecule has 1 heterocycles. The zero-order valence-corrected chi connectivity index (χ0v) is 9.96. The van der Waals surface area contributed by atoms with Gasteiger partial charge in [-0.3, -0.25) is 0 Å². The van der Waals surface area contributed by atoms with Crippen molar-refractivity contribution < 1.29 is 23.0 Å². The fraction of sp³-hybridized carbons (Fsp3) is 0.0909. The van der Waals surface area contributed by atoms with Crippen LogP contribution < -0.4 is 9.47 Å². The molecule has 0 saturated heterocycles. The third-order valence-electron chi connectivity index (χ3n) is 2.07. The Bertz CT molecular complexity index is 572. The van der Waals surface area contributed by atoms with Gasteiger partial charge in [0.15, 0.2) is 17.3 Å². The molecule has 0 fully saturated rings. The van der Waals surface area contributed by atoms with Crippen molar-refractivity contribution in [2.75, 3.05) is 7.11 Å². The van der Waals surface area contributed by atoms with Crippen molar-refractivity contribution >= 4 is 17.3 Å². The van der Waals surface area contributed by atoms with Crippen molar-refractivity contribution in [3.05, 3.63) is 40.4 Å². The number of carbonyl (C=O) groups excluding carboxylic acids is 1. The van der Waals surface area contributed by atoms with E-state index in [0.29, 0.717) is 0 Å². The highest BCUT2D eigenvalue weighted by molar-refractivity contribution is 7.07. The highest BCUT2D eigenvalue weighted by atomic mass is 32.1. The SMILES string of the molecule is COc1ccc(F)c(OC(=O)c2cscn2)c1F. The predicted molar refractivity (Wildman–Crippen MR) is 60.0 cm³/mol. The maximum atomic E-state index is 13.7. The Kier molecular flexibility index (Phi) is 3.52. The molecule has 2 rings (SSSR count). The van der Waals surface area contributed by atoms with Crippen LogP contribution in [0, 0.1) is 11.6 Å². The Morgan fingerprint density at radius 3 is 2.78 bits per heavy atom. The van der Waals surface area contributed by atoms with Gasteiger partial charge in [-0.15, -0.1) is 11.3 Å². The minimum Gasteiger partial charge on any atom is -0.494 e. The van der Waals surface area contributed by atoms with Gasteiger partial charge in [-0.25, -0.2) is 14.2 Å². The molecule has 94 valence electrons. The molecule has 0 N–H and O–H groups in total. The van der Waals surface area contributed by atoms with Gasteiger partial charge in [-0.1, -0.05) is 0 Å². The molecule has 0 radical (unpaired) electrons. The first-order valence-electron chi connectivity index (χ1n) is 4.76. The van der Waals surface area contributed by atoms with Gasteiger partial charge >= 0.3 is 5.97 Å². The quantitative estimate of drug-likeness (QED) is 0.636. The molecular weight excluding hydrogens is 264 g/mol. The number of hydrogen-bond acceptors (Lipinski definition) is 5. The fourth-order valence-electron chi connectivity index (χ4n) is 1.22. The van der Waals surface area contributed by atoms with Crippen LogP contribution in [0.3, 0.4) is 0 Å². The van der Waals surface area contributed by atoms with Crippen LogP contribution in [0.15, 0.2) is 23.0 Å². The van der Waals surface area contributed by atoms with Crippen LogP contribution in [0.25, 0.3) is 0 Å². The fourth-order valence-corrected chi connectivity index (χ4v) is 1.75. The van der Waals surface area contributed by atoms with Gasteiger partial charge in [0, 0.05) is 5.38 Å². The minimum atomic E-state index is -1.07. The predicted octanol–water partition coefficient (Wildman–Crippen LogP) is 2.65. The lowest BCUT2D eigenvalue weighted by molar-refractivity contribution is 0.0714. The van der Waals surface area contributed by atoms with E-state index in [0.717, 1.165) is 12.1 Å². The van der Waals surface area contributed by atoms with Crippen LogP contribution in [0.1, 0.15) is 10.5 Å². The third kappa shape index (κ3) is 2.30. The summed E-state index contributed by atoms with van der Waals surface area (Å²) in [6.45, 7) is 0. The lowest BCUT2D eigenvalue weighted by Crippen LogP contribution is -2.11. The van der Waals surface area contributed by atoms with E-state index in [2.05, 4.69) is 14.5 Å². The van der Waals surface area contributed by atoms with Gasteiger partial charge in [-0.2, -0.15) is 4.39 Å². The number of ether oxygens (including phenoxy) is 2. The molecular formula is C11H7F2NO3S. The number of methoxy groups -OCH3 is 1.